The summed E-state index contributed by atoms with van der Waals surface area (Å²) in [5, 5.41) is 8.53. The van der Waals surface area contributed by atoms with Crippen molar-refractivity contribution in [3.8, 4) is 5.75 Å². The lowest BCUT2D eigenvalue weighted by molar-refractivity contribution is -0.115. The number of thioether (sulfide) groups is 1. The van der Waals surface area contributed by atoms with Gasteiger partial charge in [-0.1, -0.05) is 65.7 Å². The van der Waals surface area contributed by atoms with Gasteiger partial charge in [-0.2, -0.15) is 0 Å². The average molecular weight is 621 g/mol. The van der Waals surface area contributed by atoms with Gasteiger partial charge < -0.3 is 20.7 Å². The zero-order valence-corrected chi connectivity index (χ0v) is 25.0. The summed E-state index contributed by atoms with van der Waals surface area (Å²) in [6, 6.07) is 27.9. The fourth-order valence-corrected chi connectivity index (χ4v) is 5.01. The van der Waals surface area contributed by atoms with Gasteiger partial charge in [-0.05, 0) is 67.6 Å². The molecule has 0 aliphatic rings. The SMILES string of the molecule is COc1ccccc1/C=C(\NC(=O)c1ccccc1)C(=O)Nc1ccc(SC(C)C(=O)Nc2cccc(Cl)c2Cl)cc1. The van der Waals surface area contributed by atoms with Gasteiger partial charge in [-0.25, -0.2) is 0 Å². The molecule has 0 bridgehead atoms. The number of halogens is 2. The fourth-order valence-electron chi connectivity index (χ4n) is 3.79. The number of hydrogen-bond donors (Lipinski definition) is 3. The van der Waals surface area contributed by atoms with E-state index in [9.17, 15) is 14.4 Å². The summed E-state index contributed by atoms with van der Waals surface area (Å²) in [5.41, 5.74) is 2.02. The van der Waals surface area contributed by atoms with E-state index in [1.807, 2.05) is 12.1 Å². The second-order valence-electron chi connectivity index (χ2n) is 8.95. The third-order valence-corrected chi connectivity index (χ3v) is 7.90. The van der Waals surface area contributed by atoms with Gasteiger partial charge in [0.2, 0.25) is 5.91 Å². The summed E-state index contributed by atoms with van der Waals surface area (Å²) in [5.74, 6) is -0.627. The standard InChI is InChI=1S/C32H27Cl2N3O4S/c1-20(30(38)36-26-13-8-12-25(33)29(26)34)42-24-17-15-23(16-18-24)35-32(40)27(19-22-11-6-7-14-28(22)41-2)37-31(39)21-9-4-3-5-10-21/h3-20H,1-2H3,(H,35,40)(H,36,38)(H,37,39)/b27-19-. The first kappa shape index (κ1) is 30.7. The summed E-state index contributed by atoms with van der Waals surface area (Å²) in [6.07, 6.45) is 1.56. The number of nitrogens with one attached hydrogen (secondary N) is 3. The minimum absolute atomic E-state index is 0.0387. The van der Waals surface area contributed by atoms with Crippen molar-refractivity contribution < 1.29 is 19.1 Å². The molecule has 0 aliphatic heterocycles. The molecule has 0 aliphatic carbocycles. The lowest BCUT2D eigenvalue weighted by Gasteiger charge is -2.14. The normalized spacial score (nSPS) is 11.8. The van der Waals surface area contributed by atoms with Gasteiger partial charge in [-0.3, -0.25) is 14.4 Å². The maximum absolute atomic E-state index is 13.3. The fraction of sp³-hybridized carbons (Fsp3) is 0.0938. The quantitative estimate of drug-likeness (QED) is 0.126. The van der Waals surface area contributed by atoms with Gasteiger partial charge in [0.05, 0.1) is 28.1 Å². The maximum Gasteiger partial charge on any atom is 0.272 e. The predicted octanol–water partition coefficient (Wildman–Crippen LogP) is 7.53. The molecule has 0 spiro atoms. The largest absolute Gasteiger partial charge is 0.496 e. The number of rotatable bonds is 10. The van der Waals surface area contributed by atoms with E-state index in [2.05, 4.69) is 16.0 Å². The molecular weight excluding hydrogens is 593 g/mol. The molecule has 0 heterocycles. The Morgan fingerprint density at radius 1 is 0.833 bits per heavy atom. The van der Waals surface area contributed by atoms with Crippen molar-refractivity contribution >= 4 is 70.1 Å². The molecule has 0 radical (unpaired) electrons. The van der Waals surface area contributed by atoms with Crippen molar-refractivity contribution in [3.05, 3.63) is 124 Å². The first-order valence-corrected chi connectivity index (χ1v) is 14.4. The first-order valence-electron chi connectivity index (χ1n) is 12.8. The highest BCUT2D eigenvalue weighted by atomic mass is 35.5. The number of carbonyl (C=O) groups is 3. The van der Waals surface area contributed by atoms with Crippen LogP contribution in [0.3, 0.4) is 0 Å². The Morgan fingerprint density at radius 3 is 2.24 bits per heavy atom. The van der Waals surface area contributed by atoms with E-state index in [1.165, 1.54) is 18.9 Å². The Morgan fingerprint density at radius 2 is 1.52 bits per heavy atom. The van der Waals surface area contributed by atoms with Crippen molar-refractivity contribution in [1.82, 2.24) is 5.32 Å². The Bertz CT molecular complexity index is 1610. The van der Waals surface area contributed by atoms with Gasteiger partial charge in [0.15, 0.2) is 0 Å². The third-order valence-electron chi connectivity index (χ3n) is 5.97. The zero-order valence-electron chi connectivity index (χ0n) is 22.7. The zero-order chi connectivity index (χ0) is 30.1. The number of hydrogen-bond acceptors (Lipinski definition) is 5. The van der Waals surface area contributed by atoms with E-state index in [0.29, 0.717) is 33.3 Å². The molecule has 3 N–H and O–H groups in total. The van der Waals surface area contributed by atoms with Gasteiger partial charge in [0.1, 0.15) is 11.4 Å². The molecule has 1 atom stereocenters. The van der Waals surface area contributed by atoms with E-state index in [1.54, 1.807) is 97.9 Å². The Balaban J connectivity index is 1.46. The van der Waals surface area contributed by atoms with E-state index in [-0.39, 0.29) is 16.6 Å². The van der Waals surface area contributed by atoms with Crippen LogP contribution in [0.15, 0.2) is 108 Å². The summed E-state index contributed by atoms with van der Waals surface area (Å²) >= 11 is 13.6. The number of amides is 3. The van der Waals surface area contributed by atoms with E-state index in [4.69, 9.17) is 27.9 Å². The molecule has 4 aromatic rings. The molecular formula is C32H27Cl2N3O4S. The molecule has 1 unspecified atom stereocenters. The van der Waals surface area contributed by atoms with Crippen LogP contribution in [-0.2, 0) is 9.59 Å². The van der Waals surface area contributed by atoms with Crippen molar-refractivity contribution in [2.75, 3.05) is 17.7 Å². The molecule has 0 saturated heterocycles. The van der Waals surface area contributed by atoms with Crippen LogP contribution in [-0.4, -0.2) is 30.1 Å². The van der Waals surface area contributed by atoms with Crippen LogP contribution in [0.4, 0.5) is 11.4 Å². The molecule has 4 aromatic carbocycles. The second-order valence-corrected chi connectivity index (χ2v) is 11.1. The number of carbonyl (C=O) groups excluding carboxylic acids is 3. The number of benzene rings is 4. The molecule has 4 rings (SSSR count). The first-order chi connectivity index (χ1) is 20.2. The Kier molecular flexibility index (Phi) is 10.7. The summed E-state index contributed by atoms with van der Waals surface area (Å²) in [4.78, 5) is 39.8. The van der Waals surface area contributed by atoms with Crippen LogP contribution in [0.1, 0.15) is 22.8 Å². The number of methoxy groups -OCH3 is 1. The summed E-state index contributed by atoms with van der Waals surface area (Å²) in [7, 11) is 1.53. The maximum atomic E-state index is 13.3. The highest BCUT2D eigenvalue weighted by Gasteiger charge is 2.18. The molecule has 214 valence electrons. The minimum atomic E-state index is -0.517. The van der Waals surface area contributed by atoms with E-state index < -0.39 is 17.1 Å². The monoisotopic (exact) mass is 619 g/mol. The van der Waals surface area contributed by atoms with Crippen LogP contribution in [0.5, 0.6) is 5.75 Å². The second kappa shape index (κ2) is 14.6. The van der Waals surface area contributed by atoms with Crippen molar-refractivity contribution in [2.45, 2.75) is 17.1 Å². The van der Waals surface area contributed by atoms with E-state index in [0.717, 1.165) is 4.90 Å². The molecule has 42 heavy (non-hydrogen) atoms. The van der Waals surface area contributed by atoms with E-state index >= 15 is 0 Å². The smallest absolute Gasteiger partial charge is 0.272 e. The lowest BCUT2D eigenvalue weighted by Crippen LogP contribution is -2.30. The molecule has 7 nitrogen and oxygen atoms in total. The lowest BCUT2D eigenvalue weighted by atomic mass is 10.1. The predicted molar refractivity (Wildman–Crippen MR) is 170 cm³/mol. The number of para-hydroxylation sites is 1. The van der Waals surface area contributed by atoms with Crippen LogP contribution in [0, 0.1) is 0 Å². The molecule has 10 heteroatoms. The van der Waals surface area contributed by atoms with Crippen molar-refractivity contribution in [1.29, 1.82) is 0 Å². The number of ether oxygens (including phenoxy) is 1. The van der Waals surface area contributed by atoms with Gasteiger partial charge in [-0.15, -0.1) is 11.8 Å². The number of anilines is 2. The third kappa shape index (κ3) is 8.16. The Hall–Kier alpha value is -4.24. The van der Waals surface area contributed by atoms with Gasteiger partial charge in [0.25, 0.3) is 11.8 Å². The topological polar surface area (TPSA) is 96.5 Å². The minimum Gasteiger partial charge on any atom is -0.496 e. The van der Waals surface area contributed by atoms with Crippen LogP contribution in [0.2, 0.25) is 10.0 Å². The van der Waals surface area contributed by atoms with Gasteiger partial charge in [0, 0.05) is 21.7 Å². The molecule has 0 saturated carbocycles. The molecule has 0 fully saturated rings. The summed E-state index contributed by atoms with van der Waals surface area (Å²) < 4.78 is 5.41. The summed E-state index contributed by atoms with van der Waals surface area (Å²) in [6.45, 7) is 1.78. The molecule has 3 amide bonds. The highest BCUT2D eigenvalue weighted by Crippen LogP contribution is 2.31. The van der Waals surface area contributed by atoms with Gasteiger partial charge >= 0.3 is 0 Å². The van der Waals surface area contributed by atoms with Crippen molar-refractivity contribution in [2.24, 2.45) is 0 Å². The van der Waals surface area contributed by atoms with Crippen LogP contribution in [0.25, 0.3) is 6.08 Å². The molecule has 0 aromatic heterocycles. The average Bonchev–Trinajstić information content (AvgIpc) is 3.00. The van der Waals surface area contributed by atoms with Crippen LogP contribution < -0.4 is 20.7 Å². The van der Waals surface area contributed by atoms with Crippen molar-refractivity contribution in [3.63, 3.8) is 0 Å². The highest BCUT2D eigenvalue weighted by molar-refractivity contribution is 8.00. The van der Waals surface area contributed by atoms with Crippen LogP contribution >= 0.6 is 35.0 Å². The Labute approximate surface area is 258 Å².